The number of carbonyl (C=O) groups excluding carboxylic acids is 3. The van der Waals surface area contributed by atoms with Crippen molar-refractivity contribution >= 4 is 29.3 Å². The predicted molar refractivity (Wildman–Crippen MR) is 124 cm³/mol. The molecule has 1 heterocycles. The lowest BCUT2D eigenvalue weighted by atomic mass is 9.91. The van der Waals surface area contributed by atoms with E-state index in [0.29, 0.717) is 24.4 Å². The van der Waals surface area contributed by atoms with Gasteiger partial charge in [-0.15, -0.1) is 0 Å². The lowest BCUT2D eigenvalue weighted by Gasteiger charge is -2.38. The van der Waals surface area contributed by atoms with Crippen molar-refractivity contribution in [2.75, 3.05) is 0 Å². The number of hydrogen-bond donors (Lipinski definition) is 3. The standard InChI is InChI=1S/C24H29ClN4O3/c1-24(2,23(27)32)28-22(31)20-12-16-7-3-4-8-17(16)14-29(20)21(30)13-19(26)11-15-6-5-9-18(25)10-15/h3-10,19-20H,11-14,26H2,1-2H3,(H2,27,32)(H,28,31)/t19?,20-/m0/s1. The summed E-state index contributed by atoms with van der Waals surface area (Å²) >= 11 is 6.04. The number of rotatable bonds is 7. The van der Waals surface area contributed by atoms with Gasteiger partial charge in [0.05, 0.1) is 0 Å². The molecule has 2 aromatic rings. The molecule has 7 nitrogen and oxygen atoms in total. The highest BCUT2D eigenvalue weighted by molar-refractivity contribution is 6.30. The Hall–Kier alpha value is -2.90. The topological polar surface area (TPSA) is 119 Å². The zero-order valence-corrected chi connectivity index (χ0v) is 19.1. The van der Waals surface area contributed by atoms with Crippen LogP contribution >= 0.6 is 11.6 Å². The number of carbonyl (C=O) groups is 3. The van der Waals surface area contributed by atoms with Crippen LogP contribution in [0, 0.1) is 0 Å². The fourth-order valence-corrected chi connectivity index (χ4v) is 4.07. The van der Waals surface area contributed by atoms with E-state index < -0.39 is 29.4 Å². The van der Waals surface area contributed by atoms with E-state index in [1.807, 2.05) is 42.5 Å². The molecule has 0 spiro atoms. The van der Waals surface area contributed by atoms with Crippen LogP contribution < -0.4 is 16.8 Å². The molecule has 2 aromatic carbocycles. The quantitative estimate of drug-likeness (QED) is 0.589. The second-order valence-electron chi connectivity index (χ2n) is 8.79. The summed E-state index contributed by atoms with van der Waals surface area (Å²) in [7, 11) is 0. The first-order valence-electron chi connectivity index (χ1n) is 10.5. The van der Waals surface area contributed by atoms with Crippen molar-refractivity contribution in [2.24, 2.45) is 11.5 Å². The molecule has 32 heavy (non-hydrogen) atoms. The van der Waals surface area contributed by atoms with Crippen LogP contribution in [0.2, 0.25) is 5.02 Å². The van der Waals surface area contributed by atoms with Crippen LogP contribution in [0.25, 0.3) is 0 Å². The van der Waals surface area contributed by atoms with E-state index in [4.69, 9.17) is 23.1 Å². The summed E-state index contributed by atoms with van der Waals surface area (Å²) in [5, 5.41) is 3.30. The average Bonchev–Trinajstić information content (AvgIpc) is 2.72. The van der Waals surface area contributed by atoms with Crippen LogP contribution in [-0.4, -0.2) is 40.2 Å². The first kappa shape index (κ1) is 23.8. The van der Waals surface area contributed by atoms with E-state index in [-0.39, 0.29) is 12.3 Å². The summed E-state index contributed by atoms with van der Waals surface area (Å²) < 4.78 is 0. The van der Waals surface area contributed by atoms with E-state index in [1.165, 1.54) is 13.8 Å². The number of halogens is 1. The van der Waals surface area contributed by atoms with Crippen molar-refractivity contribution < 1.29 is 14.4 Å². The second-order valence-corrected chi connectivity index (χ2v) is 9.22. The third kappa shape index (κ3) is 5.66. The van der Waals surface area contributed by atoms with E-state index in [1.54, 1.807) is 11.0 Å². The van der Waals surface area contributed by atoms with Crippen LogP contribution in [0.1, 0.15) is 37.0 Å². The molecule has 0 radical (unpaired) electrons. The molecule has 170 valence electrons. The normalized spacial score (nSPS) is 16.8. The van der Waals surface area contributed by atoms with Crippen molar-refractivity contribution in [3.05, 3.63) is 70.2 Å². The molecule has 3 amide bonds. The second kappa shape index (κ2) is 9.71. The van der Waals surface area contributed by atoms with Crippen LogP contribution in [-0.2, 0) is 33.8 Å². The van der Waals surface area contributed by atoms with Crippen molar-refractivity contribution in [1.29, 1.82) is 0 Å². The molecule has 0 saturated carbocycles. The maximum Gasteiger partial charge on any atom is 0.244 e. The monoisotopic (exact) mass is 456 g/mol. The van der Waals surface area contributed by atoms with Gasteiger partial charge in [0, 0.05) is 30.5 Å². The number of nitrogens with one attached hydrogen (secondary N) is 1. The van der Waals surface area contributed by atoms with Gasteiger partial charge in [-0.3, -0.25) is 14.4 Å². The van der Waals surface area contributed by atoms with Gasteiger partial charge in [-0.1, -0.05) is 48.0 Å². The van der Waals surface area contributed by atoms with Crippen LogP contribution in [0.15, 0.2) is 48.5 Å². The molecular formula is C24H29ClN4O3. The molecule has 1 unspecified atom stereocenters. The zero-order valence-electron chi connectivity index (χ0n) is 18.3. The SMILES string of the molecule is CC(C)(NC(=O)[C@@H]1Cc2ccccc2CN1C(=O)CC(N)Cc1cccc(Cl)c1)C(N)=O. The maximum absolute atomic E-state index is 13.2. The van der Waals surface area contributed by atoms with Gasteiger partial charge in [0.15, 0.2) is 0 Å². The molecule has 0 aliphatic carbocycles. The van der Waals surface area contributed by atoms with E-state index in [9.17, 15) is 14.4 Å². The highest BCUT2D eigenvalue weighted by atomic mass is 35.5. The summed E-state index contributed by atoms with van der Waals surface area (Å²) in [6.07, 6.45) is 0.923. The molecule has 1 aliphatic rings. The minimum Gasteiger partial charge on any atom is -0.368 e. The first-order chi connectivity index (χ1) is 15.1. The summed E-state index contributed by atoms with van der Waals surface area (Å²) in [6, 6.07) is 13.9. The van der Waals surface area contributed by atoms with E-state index >= 15 is 0 Å². The molecule has 8 heteroatoms. The summed E-state index contributed by atoms with van der Waals surface area (Å²) in [5.74, 6) is -1.28. The smallest absolute Gasteiger partial charge is 0.244 e. The van der Waals surface area contributed by atoms with Gasteiger partial charge in [0.25, 0.3) is 0 Å². The third-order valence-corrected chi connectivity index (χ3v) is 5.98. The van der Waals surface area contributed by atoms with Gasteiger partial charge in [-0.05, 0) is 49.1 Å². The Bertz CT molecular complexity index is 1020. The Kier molecular flexibility index (Phi) is 7.21. The van der Waals surface area contributed by atoms with E-state index in [2.05, 4.69) is 5.32 Å². The Balaban J connectivity index is 1.78. The van der Waals surface area contributed by atoms with Crippen molar-refractivity contribution in [3.63, 3.8) is 0 Å². The lowest BCUT2D eigenvalue weighted by Crippen LogP contribution is -2.60. The van der Waals surface area contributed by atoms with Crippen LogP contribution in [0.3, 0.4) is 0 Å². The summed E-state index contributed by atoms with van der Waals surface area (Å²) in [5.41, 5.74) is 13.4. The Morgan fingerprint density at radius 3 is 2.50 bits per heavy atom. The molecule has 5 N–H and O–H groups in total. The number of amides is 3. The highest BCUT2D eigenvalue weighted by Gasteiger charge is 2.38. The van der Waals surface area contributed by atoms with Crippen molar-refractivity contribution in [3.8, 4) is 0 Å². The molecule has 1 aliphatic heterocycles. The molecule has 2 atom stereocenters. The van der Waals surface area contributed by atoms with Crippen LogP contribution in [0.5, 0.6) is 0 Å². The molecule has 0 bridgehead atoms. The Labute approximate surface area is 193 Å². The summed E-state index contributed by atoms with van der Waals surface area (Å²) in [4.78, 5) is 39.6. The fraction of sp³-hybridized carbons (Fsp3) is 0.375. The van der Waals surface area contributed by atoms with Crippen LogP contribution in [0.4, 0.5) is 0 Å². The number of nitrogens with two attached hydrogens (primary N) is 2. The summed E-state index contributed by atoms with van der Waals surface area (Å²) in [6.45, 7) is 3.38. The predicted octanol–water partition coefficient (Wildman–Crippen LogP) is 1.93. The van der Waals surface area contributed by atoms with Crippen molar-refractivity contribution in [1.82, 2.24) is 10.2 Å². The van der Waals surface area contributed by atoms with Gasteiger partial charge < -0.3 is 21.7 Å². The number of benzene rings is 2. The maximum atomic E-state index is 13.2. The molecule has 0 aromatic heterocycles. The number of fused-ring (bicyclic) bond motifs is 1. The van der Waals surface area contributed by atoms with Gasteiger partial charge in [-0.25, -0.2) is 0 Å². The van der Waals surface area contributed by atoms with Gasteiger partial charge in [0.2, 0.25) is 17.7 Å². The van der Waals surface area contributed by atoms with Gasteiger partial charge in [0.1, 0.15) is 11.6 Å². The fourth-order valence-electron chi connectivity index (χ4n) is 3.85. The molecule has 3 rings (SSSR count). The third-order valence-electron chi connectivity index (χ3n) is 5.75. The molecular weight excluding hydrogens is 428 g/mol. The molecule has 0 saturated heterocycles. The van der Waals surface area contributed by atoms with E-state index in [0.717, 1.165) is 16.7 Å². The Morgan fingerprint density at radius 2 is 1.84 bits per heavy atom. The van der Waals surface area contributed by atoms with Crippen molar-refractivity contribution in [2.45, 2.75) is 57.3 Å². The lowest BCUT2D eigenvalue weighted by molar-refractivity contribution is -0.143. The zero-order chi connectivity index (χ0) is 23.5. The van der Waals surface area contributed by atoms with Gasteiger partial charge >= 0.3 is 0 Å². The highest BCUT2D eigenvalue weighted by Crippen LogP contribution is 2.25. The number of hydrogen-bond acceptors (Lipinski definition) is 4. The number of nitrogens with zero attached hydrogens (tertiary/aromatic N) is 1. The minimum atomic E-state index is -1.23. The first-order valence-corrected chi connectivity index (χ1v) is 10.9. The minimum absolute atomic E-state index is 0.0810. The number of primary amides is 1. The van der Waals surface area contributed by atoms with Gasteiger partial charge in [-0.2, -0.15) is 0 Å². The average molecular weight is 457 g/mol. The molecule has 0 fully saturated rings. The Morgan fingerprint density at radius 1 is 1.16 bits per heavy atom. The largest absolute Gasteiger partial charge is 0.368 e.